The van der Waals surface area contributed by atoms with Crippen LogP contribution in [0, 0.1) is 0 Å². The molecule has 48 heavy (non-hydrogen) atoms. The molecule has 0 fully saturated rings. The van der Waals surface area contributed by atoms with Crippen LogP contribution in [0.2, 0.25) is 10.0 Å². The largest absolute Gasteiger partial charge is 0.497 e. The number of para-hydroxylation sites is 1. The number of allylic oxidation sites excluding steroid dienone is 1. The number of anilines is 1. The molecule has 1 amide bonds. The number of halogens is 2. The molecule has 2 heterocycles. The molecule has 6 rings (SSSR count). The van der Waals surface area contributed by atoms with E-state index in [4.69, 9.17) is 42.4 Å². The second-order valence-corrected chi connectivity index (χ2v) is 12.7. The zero-order valence-corrected chi connectivity index (χ0v) is 28.7. The zero-order valence-electron chi connectivity index (χ0n) is 26.3. The van der Waals surface area contributed by atoms with E-state index in [0.717, 1.165) is 16.7 Å². The monoisotopic (exact) mass is 699 g/mol. The molecule has 0 saturated carbocycles. The van der Waals surface area contributed by atoms with Crippen LogP contribution in [0.3, 0.4) is 0 Å². The lowest BCUT2D eigenvalue weighted by Gasteiger charge is -2.25. The molecule has 5 aromatic rings. The second-order valence-electron chi connectivity index (χ2n) is 10.9. The summed E-state index contributed by atoms with van der Waals surface area (Å²) in [5.74, 6) is 1.34. The van der Waals surface area contributed by atoms with Crippen molar-refractivity contribution in [3.63, 3.8) is 0 Å². The van der Waals surface area contributed by atoms with Gasteiger partial charge in [-0.15, -0.1) is 0 Å². The van der Waals surface area contributed by atoms with Gasteiger partial charge in [0.1, 0.15) is 12.4 Å². The number of ether oxygens (including phenoxy) is 3. The molecule has 0 radical (unpaired) electrons. The van der Waals surface area contributed by atoms with Gasteiger partial charge in [0, 0.05) is 5.69 Å². The molecule has 4 aromatic carbocycles. The number of hydrogen-bond donors (Lipinski definition) is 1. The highest BCUT2D eigenvalue weighted by atomic mass is 35.5. The van der Waals surface area contributed by atoms with Gasteiger partial charge >= 0.3 is 0 Å². The molecule has 0 aliphatic carbocycles. The summed E-state index contributed by atoms with van der Waals surface area (Å²) in [7, 11) is 1.58. The third kappa shape index (κ3) is 7.04. The highest BCUT2D eigenvalue weighted by Crippen LogP contribution is 2.33. The van der Waals surface area contributed by atoms with Crippen LogP contribution in [0.25, 0.3) is 6.08 Å². The summed E-state index contributed by atoms with van der Waals surface area (Å²) in [4.78, 5) is 33.3. The van der Waals surface area contributed by atoms with Crippen molar-refractivity contribution in [3.8, 4) is 17.2 Å². The van der Waals surface area contributed by atoms with E-state index in [9.17, 15) is 9.59 Å². The Kier molecular flexibility index (Phi) is 10.0. The Morgan fingerprint density at radius 2 is 1.77 bits per heavy atom. The van der Waals surface area contributed by atoms with E-state index in [2.05, 4.69) is 5.32 Å². The average Bonchev–Trinajstić information content (AvgIpc) is 3.39. The SMILES string of the molecule is CCOc1cc(/C=c2\sc3n(c2=O)[C@H](c2cccc(OC)c2)C(C(=O)Nc2ccccc2)=C(C)N=3)ccc1OCc1ccc(Cl)c(Cl)c1. The predicted molar refractivity (Wildman–Crippen MR) is 190 cm³/mol. The summed E-state index contributed by atoms with van der Waals surface area (Å²) in [6, 6.07) is 26.6. The number of aromatic nitrogens is 1. The molecular formula is C37H31Cl2N3O5S. The van der Waals surface area contributed by atoms with Crippen molar-refractivity contribution in [1.29, 1.82) is 0 Å². The molecule has 1 aromatic heterocycles. The minimum Gasteiger partial charge on any atom is -0.497 e. The molecule has 244 valence electrons. The maximum absolute atomic E-state index is 14.2. The van der Waals surface area contributed by atoms with Crippen LogP contribution < -0.4 is 34.4 Å². The van der Waals surface area contributed by atoms with Crippen LogP contribution in [-0.2, 0) is 11.4 Å². The first-order chi connectivity index (χ1) is 23.2. The Bertz CT molecular complexity index is 2210. The van der Waals surface area contributed by atoms with E-state index in [1.165, 1.54) is 11.3 Å². The van der Waals surface area contributed by atoms with Gasteiger partial charge in [-0.25, -0.2) is 4.99 Å². The van der Waals surface area contributed by atoms with E-state index in [-0.39, 0.29) is 18.1 Å². The maximum atomic E-state index is 14.2. The van der Waals surface area contributed by atoms with Gasteiger partial charge in [-0.05, 0) is 85.1 Å². The van der Waals surface area contributed by atoms with Crippen LogP contribution in [0.1, 0.15) is 36.6 Å². The first-order valence-corrected chi connectivity index (χ1v) is 16.7. The van der Waals surface area contributed by atoms with E-state index in [0.29, 0.717) is 60.2 Å². The second kappa shape index (κ2) is 14.5. The number of carbonyl (C=O) groups is 1. The quantitative estimate of drug-likeness (QED) is 0.167. The molecule has 1 N–H and O–H groups in total. The third-order valence-electron chi connectivity index (χ3n) is 7.65. The van der Waals surface area contributed by atoms with Crippen molar-refractivity contribution >= 4 is 52.2 Å². The Hall–Kier alpha value is -4.83. The van der Waals surface area contributed by atoms with Crippen molar-refractivity contribution in [1.82, 2.24) is 4.57 Å². The van der Waals surface area contributed by atoms with Crippen LogP contribution in [0.4, 0.5) is 5.69 Å². The summed E-state index contributed by atoms with van der Waals surface area (Å²) in [5.41, 5.74) is 3.56. The number of thiazole rings is 1. The highest BCUT2D eigenvalue weighted by molar-refractivity contribution is 7.07. The minimum atomic E-state index is -0.738. The van der Waals surface area contributed by atoms with Crippen molar-refractivity contribution < 1.29 is 19.0 Å². The lowest BCUT2D eigenvalue weighted by atomic mass is 9.95. The van der Waals surface area contributed by atoms with Gasteiger partial charge in [0.15, 0.2) is 16.3 Å². The average molecular weight is 701 g/mol. The lowest BCUT2D eigenvalue weighted by molar-refractivity contribution is -0.113. The summed E-state index contributed by atoms with van der Waals surface area (Å²) in [5, 5.41) is 3.90. The molecule has 0 saturated heterocycles. The summed E-state index contributed by atoms with van der Waals surface area (Å²) in [6.45, 7) is 4.36. The van der Waals surface area contributed by atoms with Gasteiger partial charge < -0.3 is 19.5 Å². The van der Waals surface area contributed by atoms with Crippen LogP contribution in [0.15, 0.2) is 112 Å². The van der Waals surface area contributed by atoms with Gasteiger partial charge in [0.25, 0.3) is 11.5 Å². The fraction of sp³-hybridized carbons (Fsp3) is 0.162. The summed E-state index contributed by atoms with van der Waals surface area (Å²) < 4.78 is 19.5. The number of rotatable bonds is 10. The molecule has 0 spiro atoms. The molecule has 1 aliphatic rings. The van der Waals surface area contributed by atoms with E-state index >= 15 is 0 Å². The maximum Gasteiger partial charge on any atom is 0.271 e. The van der Waals surface area contributed by atoms with E-state index in [1.807, 2.05) is 79.7 Å². The zero-order chi connectivity index (χ0) is 33.8. The van der Waals surface area contributed by atoms with Crippen LogP contribution >= 0.6 is 34.5 Å². The first-order valence-electron chi connectivity index (χ1n) is 15.1. The number of nitrogens with zero attached hydrogens (tertiary/aromatic N) is 2. The van der Waals surface area contributed by atoms with Crippen molar-refractivity contribution in [2.45, 2.75) is 26.5 Å². The molecule has 11 heteroatoms. The number of methoxy groups -OCH3 is 1. The molecule has 1 aliphatic heterocycles. The normalized spacial score (nSPS) is 14.3. The summed E-state index contributed by atoms with van der Waals surface area (Å²) in [6.07, 6.45) is 1.79. The molecular weight excluding hydrogens is 669 g/mol. The van der Waals surface area contributed by atoms with Gasteiger partial charge in [0.05, 0.1) is 45.6 Å². The Labute approximate surface area is 291 Å². The fourth-order valence-corrected chi connectivity index (χ4v) is 6.77. The standard InChI is InChI=1S/C37H31Cl2N3O5S/c1-4-46-31-18-23(14-16-30(31)47-21-24-13-15-28(38)29(39)17-24)19-32-36(44)42-34(25-9-8-12-27(20-25)45-3)33(22(2)40-37(42)48-32)35(43)41-26-10-6-5-7-11-26/h5-20,34H,4,21H2,1-3H3,(H,41,43)/b32-19-/t34-/m1/s1. The Morgan fingerprint density at radius 1 is 0.958 bits per heavy atom. The summed E-state index contributed by atoms with van der Waals surface area (Å²) >= 11 is 13.5. The number of hydrogen-bond acceptors (Lipinski definition) is 7. The fourth-order valence-electron chi connectivity index (χ4n) is 5.40. The topological polar surface area (TPSA) is 91.2 Å². The molecule has 0 unspecified atom stereocenters. The van der Waals surface area contributed by atoms with Crippen LogP contribution in [-0.4, -0.2) is 24.2 Å². The van der Waals surface area contributed by atoms with Crippen molar-refractivity contribution in [3.05, 3.63) is 149 Å². The van der Waals surface area contributed by atoms with Gasteiger partial charge in [0.2, 0.25) is 0 Å². The van der Waals surface area contributed by atoms with Crippen LogP contribution in [0.5, 0.6) is 17.2 Å². The lowest BCUT2D eigenvalue weighted by Crippen LogP contribution is -2.40. The number of nitrogens with one attached hydrogen (secondary N) is 1. The third-order valence-corrected chi connectivity index (χ3v) is 9.37. The first kappa shape index (κ1) is 33.1. The number of carbonyl (C=O) groups excluding carboxylic acids is 1. The number of fused-ring (bicyclic) bond motifs is 1. The Balaban J connectivity index is 1.39. The van der Waals surface area contributed by atoms with Gasteiger partial charge in [-0.1, -0.05) is 77.0 Å². The Morgan fingerprint density at radius 3 is 2.52 bits per heavy atom. The molecule has 1 atom stereocenters. The van der Waals surface area contributed by atoms with E-state index in [1.54, 1.807) is 42.9 Å². The van der Waals surface area contributed by atoms with Gasteiger partial charge in [-0.2, -0.15) is 0 Å². The number of amides is 1. The molecule has 8 nitrogen and oxygen atoms in total. The van der Waals surface area contributed by atoms with Crippen molar-refractivity contribution in [2.75, 3.05) is 19.0 Å². The van der Waals surface area contributed by atoms with E-state index < -0.39 is 6.04 Å². The highest BCUT2D eigenvalue weighted by Gasteiger charge is 2.32. The predicted octanol–water partition coefficient (Wildman–Crippen LogP) is 7.17. The minimum absolute atomic E-state index is 0.263. The smallest absolute Gasteiger partial charge is 0.271 e. The van der Waals surface area contributed by atoms with Gasteiger partial charge in [-0.3, -0.25) is 14.2 Å². The number of benzene rings is 4. The van der Waals surface area contributed by atoms with Crippen molar-refractivity contribution in [2.24, 2.45) is 4.99 Å². The molecule has 0 bridgehead atoms.